The quantitative estimate of drug-likeness (QED) is 0.686. The maximum Gasteiger partial charge on any atom is 0.131 e. The lowest BCUT2D eigenvalue weighted by Crippen LogP contribution is -2.20. The zero-order valence-corrected chi connectivity index (χ0v) is 13.2. The van der Waals surface area contributed by atoms with E-state index in [0.29, 0.717) is 6.42 Å². The molecule has 2 aromatic rings. The largest absolute Gasteiger partial charge is 0.300 e. The number of benzene rings is 1. The third-order valence-electron chi connectivity index (χ3n) is 4.04. The summed E-state index contributed by atoms with van der Waals surface area (Å²) in [4.78, 5) is 12.8. The normalized spacial score (nSPS) is 16.2. The first kappa shape index (κ1) is 14.0. The predicted molar refractivity (Wildman–Crippen MR) is 91.8 cm³/mol. The molecule has 0 unspecified atom stereocenters. The van der Waals surface area contributed by atoms with E-state index in [1.807, 2.05) is 6.08 Å². The molecule has 0 bridgehead atoms. The summed E-state index contributed by atoms with van der Waals surface area (Å²) < 4.78 is 1.29. The summed E-state index contributed by atoms with van der Waals surface area (Å²) in [6.45, 7) is 7.68. The van der Waals surface area contributed by atoms with Gasteiger partial charge in [0.05, 0.1) is 0 Å². The molecule has 1 heterocycles. The number of hydrogen-bond acceptors (Lipinski definition) is 2. The number of fused-ring (bicyclic) bond motifs is 1. The maximum absolute atomic E-state index is 11.6. The number of ketones is 1. The number of rotatable bonds is 5. The van der Waals surface area contributed by atoms with Gasteiger partial charge in [0.15, 0.2) is 0 Å². The molecule has 1 aliphatic carbocycles. The van der Waals surface area contributed by atoms with Crippen molar-refractivity contribution in [3.8, 4) is 0 Å². The molecule has 0 saturated carbocycles. The van der Waals surface area contributed by atoms with E-state index >= 15 is 0 Å². The highest BCUT2D eigenvalue weighted by atomic mass is 32.1. The summed E-state index contributed by atoms with van der Waals surface area (Å²) in [5.41, 5.74) is 2.28. The van der Waals surface area contributed by atoms with Gasteiger partial charge in [0.1, 0.15) is 5.78 Å². The van der Waals surface area contributed by atoms with E-state index in [-0.39, 0.29) is 11.2 Å². The second kappa shape index (κ2) is 5.12. The van der Waals surface area contributed by atoms with Gasteiger partial charge in [0.2, 0.25) is 0 Å². The first-order chi connectivity index (χ1) is 10.0. The van der Waals surface area contributed by atoms with Crippen molar-refractivity contribution in [2.45, 2.75) is 25.7 Å². The Morgan fingerprint density at radius 2 is 2.19 bits per heavy atom. The Hall–Kier alpha value is -1.93. The average molecular weight is 294 g/mol. The summed E-state index contributed by atoms with van der Waals surface area (Å²) in [7, 11) is 0. The van der Waals surface area contributed by atoms with E-state index in [9.17, 15) is 4.79 Å². The molecular weight excluding hydrogens is 276 g/mol. The molecule has 0 aliphatic heterocycles. The van der Waals surface area contributed by atoms with Gasteiger partial charge in [-0.15, -0.1) is 17.9 Å². The molecule has 106 valence electrons. The number of Topliss-reactive ketones (excluding diaryl/α,β-unsaturated/α-hetero) is 1. The zero-order chi connectivity index (χ0) is 15.0. The third-order valence-corrected chi connectivity index (χ3v) is 5.50. The van der Waals surface area contributed by atoms with Crippen LogP contribution in [0, 0.1) is 0 Å². The van der Waals surface area contributed by atoms with E-state index in [2.05, 4.69) is 56.0 Å². The Labute approximate surface area is 129 Å². The number of carbonyl (C=O) groups is 1. The van der Waals surface area contributed by atoms with Crippen LogP contribution in [0.25, 0.3) is 15.7 Å². The summed E-state index contributed by atoms with van der Waals surface area (Å²) in [6, 6.07) is 8.60. The van der Waals surface area contributed by atoms with Gasteiger partial charge in [-0.1, -0.05) is 49.4 Å². The molecule has 1 aromatic heterocycles. The highest BCUT2D eigenvalue weighted by molar-refractivity contribution is 7.19. The lowest BCUT2D eigenvalue weighted by atomic mass is 9.83. The van der Waals surface area contributed by atoms with Crippen LogP contribution in [-0.2, 0) is 10.2 Å². The Balaban J connectivity index is 2.12. The molecule has 0 spiro atoms. The second-order valence-electron chi connectivity index (χ2n) is 5.82. The highest BCUT2D eigenvalue weighted by Crippen LogP contribution is 2.41. The van der Waals surface area contributed by atoms with Crippen LogP contribution >= 0.6 is 11.3 Å². The summed E-state index contributed by atoms with van der Waals surface area (Å²) in [5, 5.41) is 1.24. The first-order valence-corrected chi connectivity index (χ1v) is 7.90. The predicted octanol–water partition coefficient (Wildman–Crippen LogP) is 5.28. The van der Waals surface area contributed by atoms with Crippen molar-refractivity contribution < 1.29 is 4.79 Å². The third kappa shape index (κ3) is 2.40. The van der Waals surface area contributed by atoms with Crippen molar-refractivity contribution in [1.82, 2.24) is 0 Å². The van der Waals surface area contributed by atoms with Gasteiger partial charge in [-0.2, -0.15) is 0 Å². The molecule has 1 aliphatic rings. The molecule has 0 saturated heterocycles. The lowest BCUT2D eigenvalue weighted by Gasteiger charge is -2.22. The van der Waals surface area contributed by atoms with E-state index < -0.39 is 0 Å². The molecule has 1 nitrogen and oxygen atoms in total. The molecule has 21 heavy (non-hydrogen) atoms. The van der Waals surface area contributed by atoms with Crippen LogP contribution in [0.4, 0.5) is 0 Å². The minimum Gasteiger partial charge on any atom is -0.300 e. The fourth-order valence-electron chi connectivity index (χ4n) is 2.72. The van der Waals surface area contributed by atoms with Crippen LogP contribution in [0.2, 0.25) is 0 Å². The second-order valence-corrected chi connectivity index (χ2v) is 6.87. The van der Waals surface area contributed by atoms with Crippen LogP contribution in [0.3, 0.4) is 0 Å². The van der Waals surface area contributed by atoms with E-state index in [1.165, 1.54) is 26.1 Å². The fraction of sp³-hybridized carbons (Fsp3) is 0.211. The van der Waals surface area contributed by atoms with Crippen molar-refractivity contribution in [2.24, 2.45) is 0 Å². The summed E-state index contributed by atoms with van der Waals surface area (Å²) >= 11 is 1.78. The molecule has 0 N–H and O–H groups in total. The summed E-state index contributed by atoms with van der Waals surface area (Å²) in [5.74, 6) is 0.194. The van der Waals surface area contributed by atoms with Crippen LogP contribution < -0.4 is 0 Å². The lowest BCUT2D eigenvalue weighted by molar-refractivity contribution is -0.117. The SMILES string of the molecule is C=C[C@@](C)(CC(C)=O)c1cc2cccc(C3=CC=C3)c2s1. The smallest absolute Gasteiger partial charge is 0.131 e. The Morgan fingerprint density at radius 1 is 1.43 bits per heavy atom. The molecule has 0 radical (unpaired) electrons. The Kier molecular flexibility index (Phi) is 3.42. The first-order valence-electron chi connectivity index (χ1n) is 7.08. The van der Waals surface area contributed by atoms with Crippen LogP contribution in [0.5, 0.6) is 0 Å². The fourth-order valence-corrected chi connectivity index (χ4v) is 4.06. The number of hydrogen-bond donors (Lipinski definition) is 0. The number of carbonyl (C=O) groups excluding carboxylic acids is 1. The zero-order valence-electron chi connectivity index (χ0n) is 12.3. The number of thiophene rings is 1. The topological polar surface area (TPSA) is 17.1 Å². The standard InChI is InChI=1S/C19H18OS/c1-4-19(3,12-13(2)20)17-11-15-9-6-10-16(18(15)21-17)14-7-5-8-14/h4-11H,1,12H2,2-3H3/t19-/m0/s1. The molecule has 1 aromatic carbocycles. The number of allylic oxidation sites excluding steroid dienone is 5. The van der Waals surface area contributed by atoms with E-state index in [4.69, 9.17) is 0 Å². The van der Waals surface area contributed by atoms with Crippen molar-refractivity contribution in [1.29, 1.82) is 0 Å². The van der Waals surface area contributed by atoms with Crippen LogP contribution in [0.1, 0.15) is 30.7 Å². The minimum atomic E-state index is -0.281. The average Bonchev–Trinajstić information content (AvgIpc) is 2.81. The molecule has 3 rings (SSSR count). The van der Waals surface area contributed by atoms with Crippen molar-refractivity contribution in [2.75, 3.05) is 0 Å². The van der Waals surface area contributed by atoms with Crippen LogP contribution in [0.15, 0.2) is 55.1 Å². The van der Waals surface area contributed by atoms with Crippen molar-refractivity contribution in [3.05, 3.63) is 65.6 Å². The van der Waals surface area contributed by atoms with Gasteiger partial charge in [0.25, 0.3) is 0 Å². The Bertz CT molecular complexity index is 791. The Morgan fingerprint density at radius 3 is 2.76 bits per heavy atom. The van der Waals surface area contributed by atoms with Gasteiger partial charge in [0, 0.05) is 21.4 Å². The van der Waals surface area contributed by atoms with E-state index in [0.717, 1.165) is 0 Å². The van der Waals surface area contributed by atoms with Crippen molar-refractivity contribution in [3.63, 3.8) is 0 Å². The van der Waals surface area contributed by atoms with Gasteiger partial charge in [-0.25, -0.2) is 0 Å². The van der Waals surface area contributed by atoms with Crippen LogP contribution in [-0.4, -0.2) is 5.78 Å². The minimum absolute atomic E-state index is 0.194. The van der Waals surface area contributed by atoms with Gasteiger partial charge < -0.3 is 0 Å². The molecule has 0 fully saturated rings. The molecule has 0 amide bonds. The van der Waals surface area contributed by atoms with Gasteiger partial charge in [-0.05, 0) is 29.5 Å². The maximum atomic E-state index is 11.6. The van der Waals surface area contributed by atoms with E-state index in [1.54, 1.807) is 18.3 Å². The van der Waals surface area contributed by atoms with Crippen molar-refractivity contribution >= 4 is 32.8 Å². The molecule has 1 atom stereocenters. The molecule has 2 heteroatoms. The summed E-state index contributed by atoms with van der Waals surface area (Å²) in [6.07, 6.45) is 8.74. The molecular formula is C19H18OS. The monoisotopic (exact) mass is 294 g/mol. The van der Waals surface area contributed by atoms with Gasteiger partial charge in [-0.3, -0.25) is 4.79 Å². The van der Waals surface area contributed by atoms with Gasteiger partial charge >= 0.3 is 0 Å². The highest BCUT2D eigenvalue weighted by Gasteiger charge is 2.27.